The summed E-state index contributed by atoms with van der Waals surface area (Å²) in [4.78, 5) is 12.7. The summed E-state index contributed by atoms with van der Waals surface area (Å²) in [6.45, 7) is 0. The zero-order valence-corrected chi connectivity index (χ0v) is 17.3. The van der Waals surface area contributed by atoms with E-state index in [4.69, 9.17) is 11.6 Å². The summed E-state index contributed by atoms with van der Waals surface area (Å²) in [7, 11) is -2.52. The molecule has 2 aromatic carbocycles. The molecular weight excluding hydrogens is 461 g/mol. The Morgan fingerprint density at radius 3 is 2.74 bits per heavy atom. The van der Waals surface area contributed by atoms with Gasteiger partial charge in [0.15, 0.2) is 0 Å². The van der Waals surface area contributed by atoms with E-state index >= 15 is 0 Å². The van der Waals surface area contributed by atoms with Crippen molar-refractivity contribution in [2.24, 2.45) is 0 Å². The second-order valence-corrected chi connectivity index (χ2v) is 9.20. The van der Waals surface area contributed by atoms with Gasteiger partial charge in [0.25, 0.3) is 10.2 Å². The maximum atomic E-state index is 13.3. The molecule has 0 spiro atoms. The molecule has 0 saturated carbocycles. The van der Waals surface area contributed by atoms with E-state index in [0.717, 1.165) is 20.4 Å². The number of carbonyl (C=O) groups is 1. The number of nitrogens with zero attached hydrogens (tertiary/aromatic N) is 1. The number of rotatable bonds is 3. The van der Waals surface area contributed by atoms with Crippen molar-refractivity contribution in [3.8, 4) is 0 Å². The number of anilines is 1. The predicted octanol–water partition coefficient (Wildman–Crippen LogP) is 3.46. The molecule has 0 bridgehead atoms. The van der Waals surface area contributed by atoms with Gasteiger partial charge in [0, 0.05) is 23.2 Å². The van der Waals surface area contributed by atoms with Gasteiger partial charge in [-0.1, -0.05) is 39.7 Å². The van der Waals surface area contributed by atoms with E-state index in [-0.39, 0.29) is 17.1 Å². The molecule has 2 atom stereocenters. The van der Waals surface area contributed by atoms with Crippen molar-refractivity contribution in [3.05, 3.63) is 63.3 Å². The largest absolute Gasteiger partial charge is 0.325 e. The van der Waals surface area contributed by atoms with Gasteiger partial charge >= 0.3 is 0 Å². The van der Waals surface area contributed by atoms with Crippen molar-refractivity contribution in [1.29, 1.82) is 0 Å². The minimum Gasteiger partial charge on any atom is -0.325 e. The van der Waals surface area contributed by atoms with Gasteiger partial charge in [0.2, 0.25) is 5.91 Å². The van der Waals surface area contributed by atoms with Gasteiger partial charge in [-0.15, -0.1) is 0 Å². The molecule has 1 aliphatic rings. The summed E-state index contributed by atoms with van der Waals surface area (Å²) in [5.41, 5.74) is 1.03. The van der Waals surface area contributed by atoms with E-state index in [1.165, 1.54) is 19.2 Å². The van der Waals surface area contributed by atoms with E-state index in [1.54, 1.807) is 18.2 Å². The Labute approximate surface area is 170 Å². The second-order valence-electron chi connectivity index (χ2n) is 6.12. The fraction of sp³-hybridized carbons (Fsp3) is 0.235. The van der Waals surface area contributed by atoms with E-state index < -0.39 is 34.0 Å². The zero-order chi connectivity index (χ0) is 19.8. The maximum Gasteiger partial charge on any atom is 0.280 e. The van der Waals surface area contributed by atoms with Crippen LogP contribution in [0.4, 0.5) is 10.1 Å². The molecule has 1 heterocycles. The van der Waals surface area contributed by atoms with Gasteiger partial charge < -0.3 is 5.32 Å². The number of hydrogen-bond acceptors (Lipinski definition) is 3. The van der Waals surface area contributed by atoms with Crippen LogP contribution in [-0.2, 0) is 15.0 Å². The molecule has 2 N–H and O–H groups in total. The summed E-state index contributed by atoms with van der Waals surface area (Å²) in [5.74, 6) is -1.13. The molecule has 3 rings (SSSR count). The lowest BCUT2D eigenvalue weighted by molar-refractivity contribution is -0.120. The molecule has 144 valence electrons. The molecule has 0 aromatic heterocycles. The summed E-state index contributed by atoms with van der Waals surface area (Å²) in [6, 6.07) is 9.48. The van der Waals surface area contributed by atoms with E-state index in [1.807, 2.05) is 6.07 Å². The predicted molar refractivity (Wildman–Crippen MR) is 105 cm³/mol. The Kier molecular flexibility index (Phi) is 5.87. The third-order valence-corrected chi connectivity index (χ3v) is 6.69. The van der Waals surface area contributed by atoms with Crippen LogP contribution in [0, 0.1) is 5.82 Å². The van der Waals surface area contributed by atoms with Gasteiger partial charge in [-0.25, -0.2) is 4.39 Å². The highest BCUT2D eigenvalue weighted by Gasteiger charge is 2.40. The third kappa shape index (κ3) is 4.49. The first-order valence-electron chi connectivity index (χ1n) is 7.94. The zero-order valence-electron chi connectivity index (χ0n) is 14.1. The maximum absolute atomic E-state index is 13.3. The number of carbonyl (C=O) groups excluding carboxylic acids is 1. The Morgan fingerprint density at radius 1 is 1.33 bits per heavy atom. The molecule has 1 amide bonds. The lowest BCUT2D eigenvalue weighted by Gasteiger charge is -2.36. The number of hydrogen-bond donors (Lipinski definition) is 2. The Morgan fingerprint density at radius 2 is 2.07 bits per heavy atom. The van der Waals surface area contributed by atoms with E-state index in [9.17, 15) is 17.6 Å². The Bertz CT molecular complexity index is 989. The summed E-state index contributed by atoms with van der Waals surface area (Å²) in [6.07, 6.45) is 0.229. The first kappa shape index (κ1) is 20.2. The first-order valence-corrected chi connectivity index (χ1v) is 10.5. The molecule has 0 radical (unpaired) electrons. The number of halogens is 3. The van der Waals surface area contributed by atoms with Crippen molar-refractivity contribution >= 4 is 49.3 Å². The Balaban J connectivity index is 1.85. The standard InChI is InChI=1S/C17H16BrClFN3O3S/c1-23-16(17(24)21-12-5-6-14(20)13(19)8-12)9-15(22-27(23,25)26)10-3-2-4-11(18)7-10/h2-8,15-16,22H,9H2,1H3,(H,21,24)/t15-,16+/m0/s1. The molecule has 1 saturated heterocycles. The van der Waals surface area contributed by atoms with Crippen LogP contribution in [0.5, 0.6) is 0 Å². The van der Waals surface area contributed by atoms with Crippen LogP contribution >= 0.6 is 27.5 Å². The SMILES string of the molecule is CN1[C@@H](C(=O)Nc2ccc(F)c(Cl)c2)C[C@@H](c2cccc(Br)c2)NS1(=O)=O. The van der Waals surface area contributed by atoms with Crippen LogP contribution in [0.1, 0.15) is 18.0 Å². The van der Waals surface area contributed by atoms with Gasteiger partial charge in [-0.3, -0.25) is 4.79 Å². The van der Waals surface area contributed by atoms with Crippen molar-refractivity contribution in [2.45, 2.75) is 18.5 Å². The van der Waals surface area contributed by atoms with Crippen molar-refractivity contribution < 1.29 is 17.6 Å². The van der Waals surface area contributed by atoms with Crippen molar-refractivity contribution in [2.75, 3.05) is 12.4 Å². The fourth-order valence-corrected chi connectivity index (χ4v) is 4.72. The Hall–Kier alpha value is -1.52. The van der Waals surface area contributed by atoms with Gasteiger partial charge in [-0.05, 0) is 42.3 Å². The minimum atomic E-state index is -3.85. The molecule has 0 aliphatic carbocycles. The third-order valence-electron chi connectivity index (χ3n) is 4.31. The second kappa shape index (κ2) is 7.84. The summed E-state index contributed by atoms with van der Waals surface area (Å²) >= 11 is 9.09. The van der Waals surface area contributed by atoms with Crippen LogP contribution in [0.25, 0.3) is 0 Å². The van der Waals surface area contributed by atoms with Gasteiger partial charge in [0.05, 0.1) is 5.02 Å². The van der Waals surface area contributed by atoms with E-state index in [0.29, 0.717) is 0 Å². The molecule has 1 aliphatic heterocycles. The molecule has 0 unspecified atom stereocenters. The molecule has 1 fully saturated rings. The highest BCUT2D eigenvalue weighted by atomic mass is 79.9. The van der Waals surface area contributed by atoms with Gasteiger partial charge in [-0.2, -0.15) is 17.4 Å². The quantitative estimate of drug-likeness (QED) is 0.712. The lowest BCUT2D eigenvalue weighted by Crippen LogP contribution is -2.55. The lowest BCUT2D eigenvalue weighted by atomic mass is 9.99. The van der Waals surface area contributed by atoms with Crippen molar-refractivity contribution in [3.63, 3.8) is 0 Å². The van der Waals surface area contributed by atoms with Crippen LogP contribution in [-0.4, -0.2) is 31.7 Å². The van der Waals surface area contributed by atoms with Crippen LogP contribution in [0.15, 0.2) is 46.9 Å². The highest BCUT2D eigenvalue weighted by Crippen LogP contribution is 2.30. The van der Waals surface area contributed by atoms with E-state index in [2.05, 4.69) is 26.0 Å². The van der Waals surface area contributed by atoms with Crippen LogP contribution in [0.3, 0.4) is 0 Å². The normalized spacial score (nSPS) is 22.4. The summed E-state index contributed by atoms with van der Waals surface area (Å²) in [5, 5.41) is 2.46. The summed E-state index contributed by atoms with van der Waals surface area (Å²) < 4.78 is 42.6. The average molecular weight is 477 g/mol. The van der Waals surface area contributed by atoms with Gasteiger partial charge in [0.1, 0.15) is 11.9 Å². The number of benzene rings is 2. The number of amides is 1. The monoisotopic (exact) mass is 475 g/mol. The fourth-order valence-electron chi connectivity index (χ4n) is 2.85. The number of likely N-dealkylation sites (N-methyl/N-ethyl adjacent to an activating group) is 1. The first-order chi connectivity index (χ1) is 12.7. The van der Waals surface area contributed by atoms with Crippen molar-refractivity contribution in [1.82, 2.24) is 9.03 Å². The molecule has 6 nitrogen and oxygen atoms in total. The molecule has 2 aromatic rings. The average Bonchev–Trinajstić information content (AvgIpc) is 2.60. The topological polar surface area (TPSA) is 78.5 Å². The van der Waals surface area contributed by atoms with Crippen LogP contribution in [0.2, 0.25) is 5.02 Å². The minimum absolute atomic E-state index is 0.133. The molecular formula is C17H16BrClFN3O3S. The highest BCUT2D eigenvalue weighted by molar-refractivity contribution is 9.10. The number of nitrogens with one attached hydrogen (secondary N) is 2. The smallest absolute Gasteiger partial charge is 0.280 e. The molecule has 10 heteroatoms. The van der Waals surface area contributed by atoms with Crippen LogP contribution < -0.4 is 10.0 Å². The molecule has 27 heavy (non-hydrogen) atoms.